The maximum Gasteiger partial charge on any atom is 0.337 e. The number of hydrogen-bond donors (Lipinski definition) is 2. The molecule has 0 unspecified atom stereocenters. The molecule has 2 N–H and O–H groups in total. The minimum absolute atomic E-state index is 0.302. The van der Waals surface area contributed by atoms with Crippen LogP contribution in [0.1, 0.15) is 16.8 Å². The SMILES string of the molecule is COC(=O)c1cccc(NC(=O)CC(=O)Nc2ccccc2Cl)c1. The van der Waals surface area contributed by atoms with Gasteiger partial charge in [0.05, 0.1) is 23.4 Å². The number of esters is 1. The Morgan fingerprint density at radius 3 is 2.42 bits per heavy atom. The van der Waals surface area contributed by atoms with Gasteiger partial charge in [0.25, 0.3) is 0 Å². The fraction of sp³-hybridized carbons (Fsp3) is 0.118. The van der Waals surface area contributed by atoms with Crippen molar-refractivity contribution in [1.29, 1.82) is 0 Å². The highest BCUT2D eigenvalue weighted by molar-refractivity contribution is 6.33. The van der Waals surface area contributed by atoms with Crippen molar-refractivity contribution in [2.24, 2.45) is 0 Å². The van der Waals surface area contributed by atoms with Gasteiger partial charge in [0.1, 0.15) is 6.42 Å². The third kappa shape index (κ3) is 4.82. The summed E-state index contributed by atoms with van der Waals surface area (Å²) in [4.78, 5) is 35.3. The summed E-state index contributed by atoms with van der Waals surface area (Å²) in [6.07, 6.45) is -0.381. The van der Waals surface area contributed by atoms with E-state index in [1.807, 2.05) is 0 Å². The number of carbonyl (C=O) groups excluding carboxylic acids is 3. The summed E-state index contributed by atoms with van der Waals surface area (Å²) in [6.45, 7) is 0. The van der Waals surface area contributed by atoms with Crippen molar-refractivity contribution in [2.75, 3.05) is 17.7 Å². The zero-order valence-corrected chi connectivity index (χ0v) is 13.6. The second-order valence-electron chi connectivity index (χ2n) is 4.83. The number of nitrogens with one attached hydrogen (secondary N) is 2. The molecule has 0 atom stereocenters. The van der Waals surface area contributed by atoms with Crippen molar-refractivity contribution in [2.45, 2.75) is 6.42 Å². The van der Waals surface area contributed by atoms with Crippen molar-refractivity contribution in [3.8, 4) is 0 Å². The molecule has 24 heavy (non-hydrogen) atoms. The Hall–Kier alpha value is -2.86. The number of anilines is 2. The molecular weight excluding hydrogens is 332 g/mol. The quantitative estimate of drug-likeness (QED) is 0.643. The predicted octanol–water partition coefficient (Wildman–Crippen LogP) is 3.09. The Kier molecular flexibility index (Phi) is 5.92. The normalized spacial score (nSPS) is 9.92. The average molecular weight is 347 g/mol. The molecular formula is C17H15ClN2O4. The molecule has 6 nitrogen and oxygen atoms in total. The standard InChI is InChI=1S/C17H15ClN2O4/c1-24-17(23)11-5-4-6-12(9-11)19-15(21)10-16(22)20-14-8-3-2-7-13(14)18/h2-9H,10H2,1H3,(H,19,21)(H,20,22). The average Bonchev–Trinajstić information content (AvgIpc) is 2.56. The summed E-state index contributed by atoms with van der Waals surface area (Å²) in [5, 5.41) is 5.50. The second-order valence-corrected chi connectivity index (χ2v) is 5.23. The largest absolute Gasteiger partial charge is 0.465 e. The Morgan fingerprint density at radius 1 is 1.00 bits per heavy atom. The number of benzene rings is 2. The summed E-state index contributed by atoms with van der Waals surface area (Å²) in [7, 11) is 1.27. The highest BCUT2D eigenvalue weighted by atomic mass is 35.5. The van der Waals surface area contributed by atoms with E-state index in [4.69, 9.17) is 11.6 Å². The molecule has 2 aromatic carbocycles. The summed E-state index contributed by atoms with van der Waals surface area (Å²) in [5.74, 6) is -1.52. The first-order chi connectivity index (χ1) is 11.5. The van der Waals surface area contributed by atoms with Crippen LogP contribution in [0.2, 0.25) is 5.02 Å². The van der Waals surface area contributed by atoms with E-state index in [1.54, 1.807) is 42.5 Å². The van der Waals surface area contributed by atoms with Gasteiger partial charge in [-0.05, 0) is 30.3 Å². The lowest BCUT2D eigenvalue weighted by Crippen LogP contribution is -2.21. The van der Waals surface area contributed by atoms with E-state index in [0.29, 0.717) is 22.0 Å². The molecule has 0 fully saturated rings. The monoisotopic (exact) mass is 346 g/mol. The van der Waals surface area contributed by atoms with Crippen LogP contribution in [0.25, 0.3) is 0 Å². The number of carbonyl (C=O) groups is 3. The maximum atomic E-state index is 11.9. The van der Waals surface area contributed by atoms with Crippen LogP contribution in [0.3, 0.4) is 0 Å². The molecule has 0 radical (unpaired) electrons. The van der Waals surface area contributed by atoms with E-state index >= 15 is 0 Å². The summed E-state index contributed by atoms with van der Waals surface area (Å²) >= 11 is 5.94. The van der Waals surface area contributed by atoms with Crippen LogP contribution in [-0.4, -0.2) is 24.9 Å². The summed E-state index contributed by atoms with van der Waals surface area (Å²) in [6, 6.07) is 13.0. The molecule has 7 heteroatoms. The van der Waals surface area contributed by atoms with Crippen LogP contribution in [-0.2, 0) is 14.3 Å². The van der Waals surface area contributed by atoms with Crippen molar-refractivity contribution in [1.82, 2.24) is 0 Å². The van der Waals surface area contributed by atoms with Gasteiger partial charge in [-0.1, -0.05) is 29.8 Å². The van der Waals surface area contributed by atoms with Crippen LogP contribution in [0, 0.1) is 0 Å². The number of halogens is 1. The maximum absolute atomic E-state index is 11.9. The van der Waals surface area contributed by atoms with Gasteiger partial charge in [0.2, 0.25) is 11.8 Å². The first kappa shape index (κ1) is 17.5. The Morgan fingerprint density at radius 2 is 1.71 bits per heavy atom. The van der Waals surface area contributed by atoms with Crippen molar-refractivity contribution >= 4 is 40.8 Å². The molecule has 0 aliphatic heterocycles. The molecule has 2 rings (SSSR count). The van der Waals surface area contributed by atoms with Crippen molar-refractivity contribution in [3.05, 3.63) is 59.1 Å². The van der Waals surface area contributed by atoms with Crippen LogP contribution >= 0.6 is 11.6 Å². The molecule has 0 saturated heterocycles. The lowest BCUT2D eigenvalue weighted by atomic mass is 10.2. The highest BCUT2D eigenvalue weighted by Crippen LogP contribution is 2.20. The van der Waals surface area contributed by atoms with E-state index in [9.17, 15) is 14.4 Å². The summed E-state index contributed by atoms with van der Waals surface area (Å²) in [5.41, 5.74) is 1.13. The van der Waals surface area contributed by atoms with Crippen molar-refractivity contribution < 1.29 is 19.1 Å². The van der Waals surface area contributed by atoms with Gasteiger partial charge in [-0.3, -0.25) is 9.59 Å². The zero-order chi connectivity index (χ0) is 17.5. The fourth-order valence-corrected chi connectivity index (χ4v) is 2.13. The third-order valence-electron chi connectivity index (χ3n) is 3.04. The number of para-hydroxylation sites is 1. The zero-order valence-electron chi connectivity index (χ0n) is 12.8. The van der Waals surface area contributed by atoms with E-state index < -0.39 is 17.8 Å². The van der Waals surface area contributed by atoms with Crippen LogP contribution in [0.4, 0.5) is 11.4 Å². The molecule has 0 spiro atoms. The molecule has 124 valence electrons. The second kappa shape index (κ2) is 8.12. The van der Waals surface area contributed by atoms with Crippen LogP contribution in [0.15, 0.2) is 48.5 Å². The van der Waals surface area contributed by atoms with Gasteiger partial charge in [-0.25, -0.2) is 4.79 Å². The van der Waals surface area contributed by atoms with Crippen molar-refractivity contribution in [3.63, 3.8) is 0 Å². The molecule has 2 amide bonds. The number of amides is 2. The van der Waals surface area contributed by atoms with Gasteiger partial charge in [0, 0.05) is 5.69 Å². The number of methoxy groups -OCH3 is 1. The third-order valence-corrected chi connectivity index (χ3v) is 3.37. The smallest absolute Gasteiger partial charge is 0.337 e. The molecule has 0 saturated carbocycles. The fourth-order valence-electron chi connectivity index (χ4n) is 1.95. The van der Waals surface area contributed by atoms with Crippen LogP contribution in [0.5, 0.6) is 0 Å². The van der Waals surface area contributed by atoms with Gasteiger partial charge >= 0.3 is 5.97 Å². The highest BCUT2D eigenvalue weighted by Gasteiger charge is 2.12. The Labute approximate surface area is 143 Å². The Balaban J connectivity index is 1.94. The molecule has 0 aliphatic rings. The minimum Gasteiger partial charge on any atom is -0.465 e. The van der Waals surface area contributed by atoms with Gasteiger partial charge in [0.15, 0.2) is 0 Å². The van der Waals surface area contributed by atoms with E-state index in [0.717, 1.165) is 0 Å². The minimum atomic E-state index is -0.512. The van der Waals surface area contributed by atoms with E-state index in [1.165, 1.54) is 13.2 Å². The molecule has 0 bridgehead atoms. The number of rotatable bonds is 5. The van der Waals surface area contributed by atoms with Crippen LogP contribution < -0.4 is 10.6 Å². The first-order valence-corrected chi connectivity index (χ1v) is 7.40. The molecule has 0 aromatic heterocycles. The molecule has 0 aliphatic carbocycles. The van der Waals surface area contributed by atoms with Gasteiger partial charge in [-0.2, -0.15) is 0 Å². The lowest BCUT2D eigenvalue weighted by molar-refractivity contribution is -0.123. The first-order valence-electron chi connectivity index (χ1n) is 7.02. The molecule has 0 heterocycles. The number of hydrogen-bond acceptors (Lipinski definition) is 4. The van der Waals surface area contributed by atoms with E-state index in [2.05, 4.69) is 15.4 Å². The number of ether oxygens (including phenoxy) is 1. The summed E-state index contributed by atoms with van der Waals surface area (Å²) < 4.78 is 4.61. The van der Waals surface area contributed by atoms with Gasteiger partial charge in [-0.15, -0.1) is 0 Å². The predicted molar refractivity (Wildman–Crippen MR) is 91.1 cm³/mol. The molecule has 2 aromatic rings. The van der Waals surface area contributed by atoms with E-state index in [-0.39, 0.29) is 6.42 Å². The lowest BCUT2D eigenvalue weighted by Gasteiger charge is -2.08. The Bertz CT molecular complexity index is 777. The topological polar surface area (TPSA) is 84.5 Å². The van der Waals surface area contributed by atoms with Gasteiger partial charge < -0.3 is 15.4 Å².